The average Bonchev–Trinajstić information content (AvgIpc) is 3.50. The second-order valence-corrected chi connectivity index (χ2v) is 20.0. The number of anilines is 1. The summed E-state index contributed by atoms with van der Waals surface area (Å²) in [6.07, 6.45) is 12.8. The van der Waals surface area contributed by atoms with E-state index in [-0.39, 0.29) is 63.2 Å². The molecule has 0 radical (unpaired) electrons. The van der Waals surface area contributed by atoms with Crippen molar-refractivity contribution in [2.45, 2.75) is 135 Å². The van der Waals surface area contributed by atoms with Gasteiger partial charge < -0.3 is 20.7 Å². The fraction of sp³-hybridized carbons (Fsp3) is 0.625. The highest BCUT2D eigenvalue weighted by atomic mass is 16.6. The summed E-state index contributed by atoms with van der Waals surface area (Å²) in [5, 5.41) is 22.3. The van der Waals surface area contributed by atoms with Crippen molar-refractivity contribution < 1.29 is 24.5 Å². The van der Waals surface area contributed by atoms with Crippen LogP contribution in [0, 0.1) is 51.2 Å². The van der Waals surface area contributed by atoms with Crippen molar-refractivity contribution in [3.8, 4) is 5.75 Å². The molecule has 0 aromatic heterocycles. The van der Waals surface area contributed by atoms with Gasteiger partial charge in [0.1, 0.15) is 17.6 Å². The van der Waals surface area contributed by atoms with Crippen molar-refractivity contribution in [1.29, 1.82) is 0 Å². The Bertz CT molecular complexity index is 1970. The molecule has 2 bridgehead atoms. The molecular formula is C48H61NO5. The molecule has 0 amide bonds. The summed E-state index contributed by atoms with van der Waals surface area (Å²) in [7, 11) is 0. The predicted molar refractivity (Wildman–Crippen MR) is 212 cm³/mol. The highest BCUT2D eigenvalue weighted by Gasteiger charge is 2.72. The van der Waals surface area contributed by atoms with Crippen LogP contribution in [0.3, 0.4) is 0 Å². The number of nitrogens with two attached hydrogens (primary N) is 1. The molecule has 288 valence electrons. The SMILES string of the molecule is C[C@H](C[C@@H](O)[C@H]1O[C@]1(C)[C@H]1CCC[C@@H]1c1cccc(N)c1)C1=C2CC[C@@H]3[C@@]4(C)[C@@H](CC[C@]3(C)[C@@]2(C)CC1=O)[C@]1(C)CC=C[C@H]4[C@@H](c2cccc(O)c2)C1=O. The van der Waals surface area contributed by atoms with E-state index in [9.17, 15) is 19.8 Å². The number of nitrogen functional groups attached to an aromatic ring is 1. The van der Waals surface area contributed by atoms with Crippen molar-refractivity contribution in [2.24, 2.45) is 51.2 Å². The van der Waals surface area contributed by atoms with Crippen LogP contribution in [-0.4, -0.2) is 39.6 Å². The lowest BCUT2D eigenvalue weighted by molar-refractivity contribution is -0.196. The number of aliphatic hydroxyl groups is 1. The Morgan fingerprint density at radius 1 is 0.944 bits per heavy atom. The van der Waals surface area contributed by atoms with Gasteiger partial charge in [-0.15, -0.1) is 0 Å². The molecular weight excluding hydrogens is 671 g/mol. The minimum Gasteiger partial charge on any atom is -0.508 e. The number of phenolic OH excluding ortho intramolecular Hbond substituents is 1. The van der Waals surface area contributed by atoms with Crippen molar-refractivity contribution >= 4 is 17.3 Å². The topological polar surface area (TPSA) is 113 Å². The van der Waals surface area contributed by atoms with Crippen molar-refractivity contribution in [1.82, 2.24) is 0 Å². The Morgan fingerprint density at radius 3 is 2.46 bits per heavy atom. The number of carbonyl (C=O) groups excluding carboxylic acids is 2. The van der Waals surface area contributed by atoms with Crippen LogP contribution in [0.15, 0.2) is 71.8 Å². The number of aromatic hydroxyl groups is 1. The van der Waals surface area contributed by atoms with E-state index in [0.717, 1.165) is 68.2 Å². The predicted octanol–water partition coefficient (Wildman–Crippen LogP) is 9.46. The minimum absolute atomic E-state index is 0.0309. The maximum atomic E-state index is 14.6. The summed E-state index contributed by atoms with van der Waals surface area (Å²) in [4.78, 5) is 29.0. The number of aliphatic hydroxyl groups excluding tert-OH is 1. The zero-order valence-corrected chi connectivity index (χ0v) is 33.2. The van der Waals surface area contributed by atoms with Crippen molar-refractivity contribution in [3.05, 3.63) is 83.0 Å². The second-order valence-electron chi connectivity index (χ2n) is 20.0. The summed E-state index contributed by atoms with van der Waals surface area (Å²) < 4.78 is 6.47. The Labute approximate surface area is 322 Å². The Hall–Kier alpha value is -3.22. The zero-order valence-electron chi connectivity index (χ0n) is 33.2. The lowest BCUT2D eigenvalue weighted by atomic mass is 9.33. The smallest absolute Gasteiger partial charge is 0.159 e. The monoisotopic (exact) mass is 731 g/mol. The minimum atomic E-state index is -0.637. The van der Waals surface area contributed by atoms with E-state index in [1.165, 1.54) is 11.1 Å². The Balaban J connectivity index is 0.991. The van der Waals surface area contributed by atoms with Crippen LogP contribution in [-0.2, 0) is 14.3 Å². The van der Waals surface area contributed by atoms with Crippen molar-refractivity contribution in [3.63, 3.8) is 0 Å². The number of ketones is 2. The molecule has 6 nitrogen and oxygen atoms in total. The number of benzene rings is 2. The van der Waals surface area contributed by atoms with E-state index in [4.69, 9.17) is 10.5 Å². The molecule has 4 saturated carbocycles. The number of ether oxygens (including phenoxy) is 1. The molecule has 2 aromatic rings. The number of hydrogen-bond acceptors (Lipinski definition) is 6. The third kappa shape index (κ3) is 4.83. The van der Waals surface area contributed by atoms with Gasteiger partial charge in [0, 0.05) is 22.9 Å². The molecule has 14 atom stereocenters. The lowest BCUT2D eigenvalue weighted by Crippen LogP contribution is -2.66. The van der Waals surface area contributed by atoms with Crippen LogP contribution in [0.5, 0.6) is 5.75 Å². The highest BCUT2D eigenvalue weighted by molar-refractivity contribution is 6.00. The fourth-order valence-electron chi connectivity index (χ4n) is 15.0. The number of allylic oxidation sites excluding steroid dienone is 4. The maximum Gasteiger partial charge on any atom is 0.159 e. The van der Waals surface area contributed by atoms with E-state index in [0.29, 0.717) is 36.4 Å². The van der Waals surface area contributed by atoms with Crippen LogP contribution in [0.25, 0.3) is 0 Å². The van der Waals surface area contributed by atoms with Gasteiger partial charge in [-0.2, -0.15) is 0 Å². The highest BCUT2D eigenvalue weighted by Crippen LogP contribution is 2.77. The largest absolute Gasteiger partial charge is 0.508 e. The number of hydrogen-bond donors (Lipinski definition) is 3. The van der Waals surface area contributed by atoms with Gasteiger partial charge in [-0.1, -0.05) is 83.0 Å². The molecule has 5 fully saturated rings. The van der Waals surface area contributed by atoms with Gasteiger partial charge in [-0.25, -0.2) is 0 Å². The molecule has 0 unspecified atom stereocenters. The molecule has 8 aliphatic rings. The van der Waals surface area contributed by atoms with Crippen molar-refractivity contribution in [2.75, 3.05) is 5.73 Å². The number of epoxide rings is 1. The molecule has 1 aliphatic heterocycles. The van der Waals surface area contributed by atoms with Gasteiger partial charge in [0.25, 0.3) is 0 Å². The fourth-order valence-corrected chi connectivity index (χ4v) is 15.0. The second kappa shape index (κ2) is 12.1. The summed E-state index contributed by atoms with van der Waals surface area (Å²) in [6.45, 7) is 13.9. The number of rotatable bonds is 7. The average molecular weight is 732 g/mol. The quantitative estimate of drug-likeness (QED) is 0.149. The molecule has 2 aromatic carbocycles. The summed E-state index contributed by atoms with van der Waals surface area (Å²) in [5.74, 6) is 1.78. The van der Waals surface area contributed by atoms with E-state index in [1.54, 1.807) is 6.07 Å². The summed E-state index contributed by atoms with van der Waals surface area (Å²) in [5.41, 5.74) is 10.1. The first kappa shape index (κ1) is 36.4. The summed E-state index contributed by atoms with van der Waals surface area (Å²) >= 11 is 0. The molecule has 1 saturated heterocycles. The van der Waals surface area contributed by atoms with Gasteiger partial charge in [0.05, 0.1) is 17.6 Å². The van der Waals surface area contributed by atoms with Crippen LogP contribution in [0.1, 0.15) is 129 Å². The number of fused-ring (bicyclic) bond motifs is 5. The molecule has 4 N–H and O–H groups in total. The van der Waals surface area contributed by atoms with Gasteiger partial charge in [0.2, 0.25) is 0 Å². The van der Waals surface area contributed by atoms with Crippen LogP contribution in [0.2, 0.25) is 0 Å². The van der Waals surface area contributed by atoms with Gasteiger partial charge in [0.15, 0.2) is 5.78 Å². The van der Waals surface area contributed by atoms with Crippen LogP contribution in [0.4, 0.5) is 5.69 Å². The third-order valence-corrected chi connectivity index (χ3v) is 17.7. The first-order valence-corrected chi connectivity index (χ1v) is 21.1. The zero-order chi connectivity index (χ0) is 38.2. The van der Waals surface area contributed by atoms with Gasteiger partial charge >= 0.3 is 0 Å². The van der Waals surface area contributed by atoms with E-state index >= 15 is 0 Å². The molecule has 0 spiro atoms. The molecule has 10 rings (SSSR count). The lowest BCUT2D eigenvalue weighted by Gasteiger charge is -2.70. The molecule has 1 heterocycles. The molecule has 54 heavy (non-hydrogen) atoms. The summed E-state index contributed by atoms with van der Waals surface area (Å²) in [6, 6.07) is 15.7. The maximum absolute atomic E-state index is 14.6. The first-order valence-electron chi connectivity index (χ1n) is 21.1. The number of carbonyl (C=O) groups is 2. The standard InChI is InChI=1S/C48H61NO5/c1-27(23-36(51)43-48(6,54-43)33-16-9-15-32(33)28-11-7-13-30(49)24-28)40-34-18-19-39-45(3,46(34,4)26-37(40)52)22-20-38-44(2)21-10-17-35(47(38,39)5)41(42(44)53)29-12-8-14-31(50)25-29/h7-8,10-14,17,24-25,27,32-33,35-36,38-39,41,43,50-51H,9,15-16,18-23,26,49H2,1-6H3/t27-,32-,33+,35+,36-,38+,39+,41-,43-,44+,45+,46+,47-,48-/m1/s1. The number of Topliss-reactive ketones (excluding diaryl/α,β-unsaturated/α-hetero) is 2. The molecule has 7 aliphatic carbocycles. The van der Waals surface area contributed by atoms with E-state index in [2.05, 4.69) is 65.8 Å². The number of phenols is 1. The normalized spacial score (nSPS) is 44.8. The van der Waals surface area contributed by atoms with Gasteiger partial charge in [-0.3, -0.25) is 9.59 Å². The third-order valence-electron chi connectivity index (χ3n) is 17.7. The molecule has 6 heteroatoms. The van der Waals surface area contributed by atoms with E-state index < -0.39 is 11.5 Å². The Kier molecular flexibility index (Phi) is 8.19. The Morgan fingerprint density at radius 2 is 1.70 bits per heavy atom. The van der Waals surface area contributed by atoms with E-state index in [1.807, 2.05) is 30.3 Å². The first-order chi connectivity index (χ1) is 25.6. The van der Waals surface area contributed by atoms with Gasteiger partial charge in [-0.05, 0) is 146 Å². The van der Waals surface area contributed by atoms with Crippen LogP contribution < -0.4 is 5.73 Å². The van der Waals surface area contributed by atoms with Crippen LogP contribution >= 0.6 is 0 Å².